The monoisotopic (exact) mass is 392 g/mol. The van der Waals surface area contributed by atoms with Crippen LogP contribution in [-0.2, 0) is 31.9 Å². The van der Waals surface area contributed by atoms with Gasteiger partial charge < -0.3 is 9.47 Å². The molecule has 0 aliphatic carbocycles. The number of hydrogen-bond donors (Lipinski definition) is 0. The molecule has 0 aliphatic heterocycles. The van der Waals surface area contributed by atoms with Gasteiger partial charge in [-0.15, -0.1) is 0 Å². The first kappa shape index (κ1) is 22.2. The summed E-state index contributed by atoms with van der Waals surface area (Å²) in [6.45, 7) is 9.66. The molecule has 0 amide bonds. The molecule has 0 unspecified atom stereocenters. The van der Waals surface area contributed by atoms with Crippen LogP contribution < -0.4 is 0 Å². The van der Waals surface area contributed by atoms with Gasteiger partial charge in [0.2, 0.25) is 0 Å². The fourth-order valence-corrected chi connectivity index (χ4v) is 3.15. The van der Waals surface area contributed by atoms with Crippen molar-refractivity contribution >= 4 is 11.9 Å². The SMILES string of the molecule is C=CC(=O)OCCc1ccc(C(CC)c2ccc(CCOC(=O)C=C)cc2)cc1. The molecule has 0 bridgehead atoms. The Balaban J connectivity index is 1.95. The number of hydrogen-bond acceptors (Lipinski definition) is 4. The van der Waals surface area contributed by atoms with E-state index in [1.807, 2.05) is 0 Å². The first-order valence-electron chi connectivity index (χ1n) is 9.83. The van der Waals surface area contributed by atoms with Crippen molar-refractivity contribution in [2.75, 3.05) is 13.2 Å². The number of esters is 2. The van der Waals surface area contributed by atoms with Crippen molar-refractivity contribution in [2.45, 2.75) is 32.1 Å². The number of benzene rings is 2. The van der Waals surface area contributed by atoms with E-state index in [2.05, 4.69) is 68.6 Å². The van der Waals surface area contributed by atoms with Gasteiger partial charge in [-0.05, 0) is 28.7 Å². The molecular formula is C25H28O4. The third-order valence-electron chi connectivity index (χ3n) is 4.78. The van der Waals surface area contributed by atoms with E-state index in [1.54, 1.807) is 0 Å². The zero-order valence-corrected chi connectivity index (χ0v) is 16.9. The van der Waals surface area contributed by atoms with Gasteiger partial charge in [0.15, 0.2) is 0 Å². The lowest BCUT2D eigenvalue weighted by Crippen LogP contribution is -2.05. The molecule has 0 heterocycles. The Hall–Kier alpha value is -3.14. The molecule has 0 radical (unpaired) electrons. The second-order valence-electron chi connectivity index (χ2n) is 6.69. The van der Waals surface area contributed by atoms with Gasteiger partial charge in [0.05, 0.1) is 13.2 Å². The molecule has 0 saturated heterocycles. The van der Waals surface area contributed by atoms with Crippen LogP contribution in [0.25, 0.3) is 0 Å². The lowest BCUT2D eigenvalue weighted by molar-refractivity contribution is -0.138. The highest BCUT2D eigenvalue weighted by Crippen LogP contribution is 2.28. The van der Waals surface area contributed by atoms with Crippen LogP contribution in [0.2, 0.25) is 0 Å². The molecule has 4 nitrogen and oxygen atoms in total. The van der Waals surface area contributed by atoms with Gasteiger partial charge in [0, 0.05) is 30.9 Å². The van der Waals surface area contributed by atoms with Crippen molar-refractivity contribution in [2.24, 2.45) is 0 Å². The standard InChI is InChI=1S/C25H28O4/c1-4-23(21-11-7-19(8-12-21)15-17-28-24(26)5-2)22-13-9-20(10-14-22)16-18-29-25(27)6-3/h5-14,23H,2-4,15-18H2,1H3. The van der Waals surface area contributed by atoms with Crippen LogP contribution in [0.3, 0.4) is 0 Å². The van der Waals surface area contributed by atoms with Gasteiger partial charge in [-0.25, -0.2) is 9.59 Å². The van der Waals surface area contributed by atoms with E-state index in [4.69, 9.17) is 9.47 Å². The number of ether oxygens (including phenoxy) is 2. The molecule has 152 valence electrons. The molecule has 0 N–H and O–H groups in total. The molecule has 0 aromatic heterocycles. The van der Waals surface area contributed by atoms with Crippen molar-refractivity contribution in [1.82, 2.24) is 0 Å². The predicted octanol–water partition coefficient (Wildman–Crippen LogP) is 4.77. The van der Waals surface area contributed by atoms with Crippen LogP contribution in [0.4, 0.5) is 0 Å². The van der Waals surface area contributed by atoms with E-state index in [1.165, 1.54) is 23.3 Å². The maximum Gasteiger partial charge on any atom is 0.330 e. The molecule has 0 spiro atoms. The summed E-state index contributed by atoms with van der Waals surface area (Å²) in [4.78, 5) is 22.2. The smallest absolute Gasteiger partial charge is 0.330 e. The third-order valence-corrected chi connectivity index (χ3v) is 4.78. The van der Waals surface area contributed by atoms with Crippen molar-refractivity contribution in [3.8, 4) is 0 Å². The zero-order chi connectivity index (χ0) is 21.1. The summed E-state index contributed by atoms with van der Waals surface area (Å²) < 4.78 is 10.1. The lowest BCUT2D eigenvalue weighted by atomic mass is 9.88. The van der Waals surface area contributed by atoms with Crippen molar-refractivity contribution in [1.29, 1.82) is 0 Å². The topological polar surface area (TPSA) is 52.6 Å². The molecule has 2 rings (SSSR count). The normalized spacial score (nSPS) is 10.4. The highest BCUT2D eigenvalue weighted by molar-refractivity contribution is 5.81. The Morgan fingerprint density at radius 2 is 1.17 bits per heavy atom. The molecule has 0 fully saturated rings. The molecule has 0 aliphatic rings. The van der Waals surface area contributed by atoms with Gasteiger partial charge in [0.1, 0.15) is 0 Å². The van der Waals surface area contributed by atoms with Gasteiger partial charge in [-0.1, -0.05) is 68.6 Å². The van der Waals surface area contributed by atoms with E-state index < -0.39 is 11.9 Å². The van der Waals surface area contributed by atoms with Gasteiger partial charge in [-0.2, -0.15) is 0 Å². The number of rotatable bonds is 11. The van der Waals surface area contributed by atoms with Crippen molar-refractivity contribution in [3.05, 3.63) is 96.1 Å². The third kappa shape index (κ3) is 7.07. The van der Waals surface area contributed by atoms with Crippen molar-refractivity contribution in [3.63, 3.8) is 0 Å². The van der Waals surface area contributed by atoms with E-state index in [-0.39, 0.29) is 0 Å². The van der Waals surface area contributed by atoms with Crippen LogP contribution in [-0.4, -0.2) is 25.2 Å². The average molecular weight is 392 g/mol. The highest BCUT2D eigenvalue weighted by atomic mass is 16.5. The number of carbonyl (C=O) groups is 2. The Labute approximate surface area is 172 Å². The highest BCUT2D eigenvalue weighted by Gasteiger charge is 2.12. The minimum absolute atomic E-state index is 0.315. The molecule has 0 atom stereocenters. The lowest BCUT2D eigenvalue weighted by Gasteiger charge is -2.17. The minimum Gasteiger partial charge on any atom is -0.462 e. The Morgan fingerprint density at radius 3 is 1.48 bits per heavy atom. The Morgan fingerprint density at radius 1 is 0.793 bits per heavy atom. The second-order valence-corrected chi connectivity index (χ2v) is 6.69. The van der Waals surface area contributed by atoms with Crippen LogP contribution in [0.1, 0.15) is 41.5 Å². The van der Waals surface area contributed by atoms with Gasteiger partial charge in [0.25, 0.3) is 0 Å². The van der Waals surface area contributed by atoms with Crippen LogP contribution in [0, 0.1) is 0 Å². The molecular weight excluding hydrogens is 364 g/mol. The van der Waals surface area contributed by atoms with E-state index in [0.29, 0.717) is 32.0 Å². The van der Waals surface area contributed by atoms with E-state index in [0.717, 1.165) is 17.5 Å². The van der Waals surface area contributed by atoms with Crippen molar-refractivity contribution < 1.29 is 19.1 Å². The molecule has 4 heteroatoms. The summed E-state index contributed by atoms with van der Waals surface area (Å²) in [5, 5.41) is 0. The quantitative estimate of drug-likeness (QED) is 0.408. The largest absolute Gasteiger partial charge is 0.462 e. The maximum atomic E-state index is 11.1. The first-order chi connectivity index (χ1) is 14.1. The molecule has 2 aromatic rings. The maximum absolute atomic E-state index is 11.1. The Bertz CT molecular complexity index is 749. The van der Waals surface area contributed by atoms with E-state index >= 15 is 0 Å². The van der Waals surface area contributed by atoms with E-state index in [9.17, 15) is 9.59 Å². The first-order valence-corrected chi connectivity index (χ1v) is 9.83. The molecule has 0 saturated carbocycles. The summed E-state index contributed by atoms with van der Waals surface area (Å²) in [5.41, 5.74) is 4.77. The average Bonchev–Trinajstić information content (AvgIpc) is 2.76. The molecule has 2 aromatic carbocycles. The van der Waals surface area contributed by atoms with Crippen LogP contribution in [0.5, 0.6) is 0 Å². The number of carbonyl (C=O) groups excluding carboxylic acids is 2. The van der Waals surface area contributed by atoms with Crippen LogP contribution >= 0.6 is 0 Å². The summed E-state index contributed by atoms with van der Waals surface area (Å²) in [6, 6.07) is 16.9. The Kier molecular flexibility index (Phi) is 8.90. The fraction of sp³-hybridized carbons (Fsp3) is 0.280. The summed E-state index contributed by atoms with van der Waals surface area (Å²) in [6.07, 6.45) is 4.71. The van der Waals surface area contributed by atoms with Crippen LogP contribution in [0.15, 0.2) is 73.8 Å². The van der Waals surface area contributed by atoms with Gasteiger partial charge >= 0.3 is 11.9 Å². The second kappa shape index (κ2) is 11.6. The summed E-state index contributed by atoms with van der Waals surface area (Å²) in [7, 11) is 0. The minimum atomic E-state index is -0.394. The summed E-state index contributed by atoms with van der Waals surface area (Å²) >= 11 is 0. The zero-order valence-electron chi connectivity index (χ0n) is 16.9. The predicted molar refractivity (Wildman–Crippen MR) is 115 cm³/mol. The fourth-order valence-electron chi connectivity index (χ4n) is 3.15. The van der Waals surface area contributed by atoms with Gasteiger partial charge in [-0.3, -0.25) is 0 Å². The molecule has 29 heavy (non-hydrogen) atoms. The summed E-state index contributed by atoms with van der Waals surface area (Å²) in [5.74, 6) is -0.472.